The van der Waals surface area contributed by atoms with Gasteiger partial charge in [0.25, 0.3) is 0 Å². The Labute approximate surface area is 101 Å². The van der Waals surface area contributed by atoms with Crippen molar-refractivity contribution in [2.75, 3.05) is 0 Å². The summed E-state index contributed by atoms with van der Waals surface area (Å²) in [5, 5.41) is 0. The van der Waals surface area contributed by atoms with Crippen LogP contribution in [-0.4, -0.2) is 5.78 Å². The zero-order chi connectivity index (χ0) is 12.3. The van der Waals surface area contributed by atoms with Crippen molar-refractivity contribution in [1.29, 1.82) is 0 Å². The Morgan fingerprint density at radius 3 is 2.59 bits per heavy atom. The maximum Gasteiger partial charge on any atom is 0.228 e. The summed E-state index contributed by atoms with van der Waals surface area (Å²) in [7, 11) is 0. The molecule has 88 valence electrons. The monoisotopic (exact) mass is 228 g/mol. The number of hydrogen-bond donors (Lipinski definition) is 0. The van der Waals surface area contributed by atoms with Gasteiger partial charge in [-0.1, -0.05) is 32.0 Å². The molecular formula is C15H16O2. The summed E-state index contributed by atoms with van der Waals surface area (Å²) in [6.45, 7) is 4.08. The van der Waals surface area contributed by atoms with Crippen molar-refractivity contribution in [1.82, 2.24) is 0 Å². The molecule has 0 spiro atoms. The van der Waals surface area contributed by atoms with E-state index < -0.39 is 0 Å². The molecule has 0 aliphatic rings. The van der Waals surface area contributed by atoms with Gasteiger partial charge in [0.2, 0.25) is 5.78 Å². The zero-order valence-electron chi connectivity index (χ0n) is 10.2. The Balaban J connectivity index is 2.29. The van der Waals surface area contributed by atoms with Crippen molar-refractivity contribution in [2.45, 2.75) is 26.7 Å². The Morgan fingerprint density at radius 1 is 1.12 bits per heavy atom. The van der Waals surface area contributed by atoms with Gasteiger partial charge in [0.15, 0.2) is 5.76 Å². The number of furan rings is 1. The first kappa shape index (κ1) is 11.6. The normalized spacial score (nSPS) is 10.5. The molecule has 1 aromatic heterocycles. The molecule has 0 aliphatic heterocycles. The molecule has 1 heterocycles. The van der Waals surface area contributed by atoms with Gasteiger partial charge in [-0.3, -0.25) is 4.79 Å². The van der Waals surface area contributed by atoms with E-state index in [4.69, 9.17) is 4.42 Å². The standard InChI is InChI=1S/C15H16O2/c1-3-11-6-5-7-12(10-11)15(16)14-9-8-13(4-2)17-14/h5-10H,3-4H2,1-2H3. The van der Waals surface area contributed by atoms with Crippen LogP contribution in [0.1, 0.15) is 41.3 Å². The molecule has 0 unspecified atom stereocenters. The largest absolute Gasteiger partial charge is 0.458 e. The van der Waals surface area contributed by atoms with Crippen LogP contribution >= 0.6 is 0 Å². The van der Waals surface area contributed by atoms with E-state index in [0.717, 1.165) is 24.2 Å². The van der Waals surface area contributed by atoms with E-state index in [9.17, 15) is 4.79 Å². The highest BCUT2D eigenvalue weighted by Gasteiger charge is 2.13. The first-order valence-corrected chi connectivity index (χ1v) is 5.97. The SMILES string of the molecule is CCc1cccc(C(=O)c2ccc(CC)o2)c1. The minimum atomic E-state index is -0.0417. The molecule has 2 rings (SSSR count). The summed E-state index contributed by atoms with van der Waals surface area (Å²) in [6, 6.07) is 11.3. The van der Waals surface area contributed by atoms with Crippen LogP contribution in [0.25, 0.3) is 0 Å². The van der Waals surface area contributed by atoms with E-state index in [1.165, 1.54) is 0 Å². The van der Waals surface area contributed by atoms with Crippen LogP contribution in [0.4, 0.5) is 0 Å². The van der Waals surface area contributed by atoms with E-state index in [1.807, 2.05) is 37.3 Å². The van der Waals surface area contributed by atoms with Gasteiger partial charge in [0, 0.05) is 12.0 Å². The van der Waals surface area contributed by atoms with E-state index in [1.54, 1.807) is 6.07 Å². The molecule has 0 radical (unpaired) electrons. The minimum Gasteiger partial charge on any atom is -0.458 e. The number of carbonyl (C=O) groups is 1. The molecule has 2 nitrogen and oxygen atoms in total. The number of benzene rings is 1. The maximum atomic E-state index is 12.1. The molecule has 0 amide bonds. The highest BCUT2D eigenvalue weighted by atomic mass is 16.3. The zero-order valence-corrected chi connectivity index (χ0v) is 10.2. The maximum absolute atomic E-state index is 12.1. The second kappa shape index (κ2) is 5.00. The lowest BCUT2D eigenvalue weighted by molar-refractivity contribution is 0.101. The van der Waals surface area contributed by atoms with Gasteiger partial charge < -0.3 is 4.42 Å². The first-order chi connectivity index (χ1) is 8.24. The quantitative estimate of drug-likeness (QED) is 0.748. The lowest BCUT2D eigenvalue weighted by Gasteiger charge is -2.00. The molecule has 17 heavy (non-hydrogen) atoms. The number of aryl methyl sites for hydroxylation is 2. The molecule has 2 aromatic rings. The number of carbonyl (C=O) groups excluding carboxylic acids is 1. The van der Waals surface area contributed by atoms with Gasteiger partial charge >= 0.3 is 0 Å². The number of ketones is 1. The summed E-state index contributed by atoms with van der Waals surface area (Å²) in [5.74, 6) is 1.23. The van der Waals surface area contributed by atoms with E-state index in [-0.39, 0.29) is 5.78 Å². The Morgan fingerprint density at radius 2 is 1.94 bits per heavy atom. The van der Waals surface area contributed by atoms with E-state index in [2.05, 4.69) is 6.92 Å². The third-order valence-corrected chi connectivity index (χ3v) is 2.83. The second-order valence-electron chi connectivity index (χ2n) is 4.00. The van der Waals surface area contributed by atoms with Gasteiger partial charge in [-0.15, -0.1) is 0 Å². The smallest absolute Gasteiger partial charge is 0.228 e. The molecule has 0 saturated heterocycles. The van der Waals surface area contributed by atoms with Crippen molar-refractivity contribution in [3.05, 3.63) is 59.0 Å². The molecule has 0 atom stereocenters. The lowest BCUT2D eigenvalue weighted by Crippen LogP contribution is -2.00. The van der Waals surface area contributed by atoms with Gasteiger partial charge in [0.05, 0.1) is 0 Å². The van der Waals surface area contributed by atoms with Crippen molar-refractivity contribution < 1.29 is 9.21 Å². The van der Waals surface area contributed by atoms with Crippen molar-refractivity contribution >= 4 is 5.78 Å². The third kappa shape index (κ3) is 2.47. The third-order valence-electron chi connectivity index (χ3n) is 2.83. The van der Waals surface area contributed by atoms with Crippen molar-refractivity contribution in [2.24, 2.45) is 0 Å². The summed E-state index contributed by atoms with van der Waals surface area (Å²) >= 11 is 0. The van der Waals surface area contributed by atoms with Crippen molar-refractivity contribution in [3.8, 4) is 0 Å². The topological polar surface area (TPSA) is 30.2 Å². The van der Waals surface area contributed by atoms with Gasteiger partial charge in [-0.2, -0.15) is 0 Å². The molecule has 0 aliphatic carbocycles. The summed E-state index contributed by atoms with van der Waals surface area (Å²) in [4.78, 5) is 12.1. The van der Waals surface area contributed by atoms with Gasteiger partial charge in [0.1, 0.15) is 5.76 Å². The summed E-state index contributed by atoms with van der Waals surface area (Å²) in [6.07, 6.45) is 1.74. The van der Waals surface area contributed by atoms with Crippen LogP contribution < -0.4 is 0 Å². The van der Waals surface area contributed by atoms with Crippen LogP contribution in [0.15, 0.2) is 40.8 Å². The highest BCUT2D eigenvalue weighted by Crippen LogP contribution is 2.15. The van der Waals surface area contributed by atoms with Crippen LogP contribution in [0.3, 0.4) is 0 Å². The average Bonchev–Trinajstić information content (AvgIpc) is 2.86. The van der Waals surface area contributed by atoms with Gasteiger partial charge in [-0.25, -0.2) is 0 Å². The van der Waals surface area contributed by atoms with E-state index >= 15 is 0 Å². The molecule has 0 N–H and O–H groups in total. The highest BCUT2D eigenvalue weighted by molar-refractivity contribution is 6.07. The predicted molar refractivity (Wildman–Crippen MR) is 67.3 cm³/mol. The molecule has 2 heteroatoms. The number of rotatable bonds is 4. The first-order valence-electron chi connectivity index (χ1n) is 5.97. The molecule has 0 fully saturated rings. The van der Waals surface area contributed by atoms with E-state index in [0.29, 0.717) is 11.3 Å². The summed E-state index contributed by atoms with van der Waals surface area (Å²) < 4.78 is 5.47. The lowest BCUT2D eigenvalue weighted by atomic mass is 10.0. The van der Waals surface area contributed by atoms with Crippen LogP contribution in [-0.2, 0) is 12.8 Å². The van der Waals surface area contributed by atoms with Crippen LogP contribution in [0.5, 0.6) is 0 Å². The fourth-order valence-corrected chi connectivity index (χ4v) is 1.76. The summed E-state index contributed by atoms with van der Waals surface area (Å²) in [5.41, 5.74) is 1.86. The minimum absolute atomic E-state index is 0.0417. The average molecular weight is 228 g/mol. The Hall–Kier alpha value is -1.83. The number of hydrogen-bond acceptors (Lipinski definition) is 2. The van der Waals surface area contributed by atoms with Crippen LogP contribution in [0, 0.1) is 0 Å². The predicted octanol–water partition coefficient (Wildman–Crippen LogP) is 3.64. The van der Waals surface area contributed by atoms with Crippen molar-refractivity contribution in [3.63, 3.8) is 0 Å². The second-order valence-corrected chi connectivity index (χ2v) is 4.00. The molecular weight excluding hydrogens is 212 g/mol. The molecule has 0 saturated carbocycles. The fourth-order valence-electron chi connectivity index (χ4n) is 1.76. The fraction of sp³-hybridized carbons (Fsp3) is 0.267. The van der Waals surface area contributed by atoms with Crippen LogP contribution in [0.2, 0.25) is 0 Å². The Kier molecular flexibility index (Phi) is 3.43. The Bertz CT molecular complexity index is 523. The van der Waals surface area contributed by atoms with Gasteiger partial charge in [-0.05, 0) is 30.2 Å². The molecule has 1 aromatic carbocycles. The molecule has 0 bridgehead atoms.